The number of pyridine rings is 2. The van der Waals surface area contributed by atoms with Crippen molar-refractivity contribution in [1.29, 1.82) is 0 Å². The maximum Gasteiger partial charge on any atom is 0.248 e. The summed E-state index contributed by atoms with van der Waals surface area (Å²) in [6.45, 7) is 1.45. The second-order valence-electron chi connectivity index (χ2n) is 10.6. The van der Waals surface area contributed by atoms with Crippen LogP contribution < -0.4 is 16.0 Å². The number of amides is 3. The monoisotopic (exact) mass is 548 g/mol. The molecular weight excluding hydrogens is 516 g/mol. The summed E-state index contributed by atoms with van der Waals surface area (Å²) in [7, 11) is 0. The molecule has 2 atom stereocenters. The molecule has 0 bridgehead atoms. The minimum Gasteiger partial charge on any atom is -0.330 e. The van der Waals surface area contributed by atoms with Crippen molar-refractivity contribution >= 4 is 40.3 Å². The molecule has 4 aromatic rings. The maximum absolute atomic E-state index is 13.1. The van der Waals surface area contributed by atoms with Crippen LogP contribution in [0.4, 0.5) is 11.6 Å². The van der Waals surface area contributed by atoms with Crippen molar-refractivity contribution in [2.24, 2.45) is 0 Å². The smallest absolute Gasteiger partial charge is 0.248 e. The third kappa shape index (κ3) is 6.10. The van der Waals surface area contributed by atoms with Gasteiger partial charge < -0.3 is 20.9 Å². The molecule has 2 aliphatic rings. The van der Waals surface area contributed by atoms with E-state index in [0.717, 1.165) is 53.4 Å². The average Bonchev–Trinajstić information content (AvgIpc) is 3.71. The lowest BCUT2D eigenvalue weighted by molar-refractivity contribution is -0.136. The van der Waals surface area contributed by atoms with Gasteiger partial charge in [0.15, 0.2) is 0 Å². The lowest BCUT2D eigenvalue weighted by Crippen LogP contribution is -2.43. The van der Waals surface area contributed by atoms with Crippen molar-refractivity contribution in [3.05, 3.63) is 84.6 Å². The number of likely N-dealkylation sites (tertiary alicyclic amines) is 1. The van der Waals surface area contributed by atoms with Gasteiger partial charge in [-0.2, -0.15) is 0 Å². The van der Waals surface area contributed by atoms with Crippen molar-refractivity contribution in [1.82, 2.24) is 20.2 Å². The maximum atomic E-state index is 13.1. The molecule has 2 fully saturated rings. The molecule has 2 aromatic heterocycles. The molecule has 3 N–H and O–H groups in total. The Morgan fingerprint density at radius 1 is 0.854 bits per heavy atom. The molecule has 208 valence electrons. The van der Waals surface area contributed by atoms with Crippen LogP contribution in [0.5, 0.6) is 0 Å². The quantitative estimate of drug-likeness (QED) is 0.319. The van der Waals surface area contributed by atoms with Gasteiger partial charge in [-0.15, -0.1) is 0 Å². The van der Waals surface area contributed by atoms with Crippen LogP contribution in [0.3, 0.4) is 0 Å². The van der Waals surface area contributed by atoms with E-state index in [1.165, 1.54) is 0 Å². The molecule has 0 radical (unpaired) electrons. The number of nitrogens with one attached hydrogen (secondary N) is 3. The molecule has 41 heavy (non-hydrogen) atoms. The van der Waals surface area contributed by atoms with E-state index in [0.29, 0.717) is 24.6 Å². The van der Waals surface area contributed by atoms with E-state index >= 15 is 0 Å². The highest BCUT2D eigenvalue weighted by molar-refractivity contribution is 5.97. The van der Waals surface area contributed by atoms with Crippen LogP contribution in [-0.4, -0.2) is 57.8 Å². The second-order valence-corrected chi connectivity index (χ2v) is 10.6. The molecular formula is C32H32N6O3. The van der Waals surface area contributed by atoms with Gasteiger partial charge in [-0.25, -0.2) is 9.97 Å². The topological polar surface area (TPSA) is 116 Å². The number of benzene rings is 2. The van der Waals surface area contributed by atoms with Crippen molar-refractivity contribution in [2.45, 2.75) is 44.2 Å². The largest absolute Gasteiger partial charge is 0.330 e. The van der Waals surface area contributed by atoms with Crippen molar-refractivity contribution < 1.29 is 14.4 Å². The van der Waals surface area contributed by atoms with E-state index in [4.69, 9.17) is 0 Å². The van der Waals surface area contributed by atoms with Crippen LogP contribution in [0, 0.1) is 0 Å². The van der Waals surface area contributed by atoms with Crippen LogP contribution in [0.25, 0.3) is 22.0 Å². The zero-order valence-electron chi connectivity index (χ0n) is 22.7. The summed E-state index contributed by atoms with van der Waals surface area (Å²) in [6, 6.07) is 22.3. The molecule has 0 spiro atoms. The summed E-state index contributed by atoms with van der Waals surface area (Å²) in [5.74, 6) is 0.675. The molecule has 9 heteroatoms. The first-order chi connectivity index (χ1) is 20.0. The van der Waals surface area contributed by atoms with Gasteiger partial charge in [0.25, 0.3) is 0 Å². The van der Waals surface area contributed by atoms with E-state index in [1.807, 2.05) is 66.7 Å². The van der Waals surface area contributed by atoms with Crippen LogP contribution in [-0.2, 0) is 20.8 Å². The van der Waals surface area contributed by atoms with Gasteiger partial charge in [-0.05, 0) is 79.8 Å². The van der Waals surface area contributed by atoms with Gasteiger partial charge in [-0.3, -0.25) is 14.4 Å². The molecule has 6 rings (SSSR count). The summed E-state index contributed by atoms with van der Waals surface area (Å²) < 4.78 is 0. The molecule has 2 saturated heterocycles. The fourth-order valence-corrected chi connectivity index (χ4v) is 5.55. The lowest BCUT2D eigenvalue weighted by atomic mass is 10.0. The van der Waals surface area contributed by atoms with Gasteiger partial charge in [0, 0.05) is 23.7 Å². The first-order valence-electron chi connectivity index (χ1n) is 14.1. The number of anilines is 2. The van der Waals surface area contributed by atoms with Gasteiger partial charge >= 0.3 is 0 Å². The van der Waals surface area contributed by atoms with E-state index in [9.17, 15) is 14.4 Å². The number of hydrogen-bond donors (Lipinski definition) is 3. The van der Waals surface area contributed by atoms with Gasteiger partial charge in [0.2, 0.25) is 17.7 Å². The highest BCUT2D eigenvalue weighted by Gasteiger charge is 2.34. The minimum atomic E-state index is -0.496. The second kappa shape index (κ2) is 11.9. The van der Waals surface area contributed by atoms with Crippen molar-refractivity contribution in [3.8, 4) is 11.1 Å². The van der Waals surface area contributed by atoms with Gasteiger partial charge in [0.1, 0.15) is 17.7 Å². The van der Waals surface area contributed by atoms with E-state index < -0.39 is 6.04 Å². The number of aromatic nitrogens is 2. The van der Waals surface area contributed by atoms with Crippen molar-refractivity contribution in [3.63, 3.8) is 0 Å². The van der Waals surface area contributed by atoms with Crippen LogP contribution in [0.2, 0.25) is 0 Å². The highest BCUT2D eigenvalue weighted by Crippen LogP contribution is 2.26. The SMILES string of the molecule is O=C(Nc1ccc2cc(-c3ccc(NC(=O)C4CCCN4C(=O)Cc4ccccc4)nc3)ccc2n1)C1CCCN1. The molecule has 9 nitrogen and oxygen atoms in total. The third-order valence-corrected chi connectivity index (χ3v) is 7.74. The predicted octanol–water partition coefficient (Wildman–Crippen LogP) is 4.16. The first-order valence-corrected chi connectivity index (χ1v) is 14.1. The van der Waals surface area contributed by atoms with Crippen LogP contribution >= 0.6 is 0 Å². The Morgan fingerprint density at radius 3 is 2.44 bits per heavy atom. The van der Waals surface area contributed by atoms with E-state index in [-0.39, 0.29) is 30.2 Å². The molecule has 3 amide bonds. The Labute approximate surface area is 238 Å². The fraction of sp³-hybridized carbons (Fsp3) is 0.281. The first kappa shape index (κ1) is 26.6. The fourth-order valence-electron chi connectivity index (χ4n) is 5.55. The van der Waals surface area contributed by atoms with Gasteiger partial charge in [-0.1, -0.05) is 36.4 Å². The zero-order chi connectivity index (χ0) is 28.2. The standard InChI is InChI=1S/C32H32N6O3/c39-30(18-21-6-2-1-3-7-21)38-17-5-9-27(38)32(41)36-28-14-12-24(20-34-28)22-10-13-25-23(19-22)11-15-29(35-25)37-31(40)26-8-4-16-33-26/h1-3,6-7,10-15,19-20,26-27,33H,4-5,8-9,16-18H2,(H,34,36,41)(H,35,37,40). The normalized spacial score (nSPS) is 18.4. The molecule has 0 aliphatic carbocycles. The van der Waals surface area contributed by atoms with E-state index in [1.54, 1.807) is 17.2 Å². The molecule has 2 unspecified atom stereocenters. The highest BCUT2D eigenvalue weighted by atomic mass is 16.2. The summed E-state index contributed by atoms with van der Waals surface area (Å²) in [5.41, 5.74) is 3.58. The third-order valence-electron chi connectivity index (χ3n) is 7.74. The Bertz CT molecular complexity index is 1570. The number of rotatable bonds is 7. The molecule has 4 heterocycles. The number of fused-ring (bicyclic) bond motifs is 1. The Hall–Kier alpha value is -4.63. The average molecular weight is 549 g/mol. The lowest BCUT2D eigenvalue weighted by Gasteiger charge is -2.24. The van der Waals surface area contributed by atoms with Crippen molar-refractivity contribution in [2.75, 3.05) is 23.7 Å². The van der Waals surface area contributed by atoms with Crippen LogP contribution in [0.15, 0.2) is 79.0 Å². The molecule has 0 saturated carbocycles. The summed E-state index contributed by atoms with van der Waals surface area (Å²) in [5, 5.41) is 9.94. The Kier molecular flexibility index (Phi) is 7.69. The van der Waals surface area contributed by atoms with E-state index in [2.05, 4.69) is 25.9 Å². The summed E-state index contributed by atoms with van der Waals surface area (Å²) >= 11 is 0. The number of nitrogens with zero attached hydrogens (tertiary/aromatic N) is 3. The van der Waals surface area contributed by atoms with Gasteiger partial charge in [0.05, 0.1) is 18.0 Å². The number of carbonyl (C=O) groups is 3. The summed E-state index contributed by atoms with van der Waals surface area (Å²) in [6.07, 6.45) is 5.29. The molecule has 2 aliphatic heterocycles. The molecule has 2 aromatic carbocycles. The predicted molar refractivity (Wildman–Crippen MR) is 158 cm³/mol. The van der Waals surface area contributed by atoms with Crippen LogP contribution in [0.1, 0.15) is 31.2 Å². The number of carbonyl (C=O) groups excluding carboxylic acids is 3. The zero-order valence-corrected chi connectivity index (χ0v) is 22.7. The summed E-state index contributed by atoms with van der Waals surface area (Å²) in [4.78, 5) is 49.1. The number of hydrogen-bond acceptors (Lipinski definition) is 6. The Morgan fingerprint density at radius 2 is 1.66 bits per heavy atom. The Balaban J connectivity index is 1.09. The minimum absolute atomic E-state index is 0.0386.